The molecule has 376 valence electrons. The number of H-pyrrole nitrogens is 1. The van der Waals surface area contributed by atoms with Gasteiger partial charge in [-0.05, 0) is 81.5 Å². The first-order valence-corrected chi connectivity index (χ1v) is 23.2. The van der Waals surface area contributed by atoms with Gasteiger partial charge in [0.1, 0.15) is 51.8 Å². The van der Waals surface area contributed by atoms with Crippen molar-refractivity contribution in [1.82, 2.24) is 39.9 Å². The number of ether oxygens (including phenoxy) is 1. The maximum absolute atomic E-state index is 15.3. The van der Waals surface area contributed by atoms with Crippen LogP contribution in [0.2, 0.25) is 0 Å². The number of halogens is 9. The molecule has 13 nitrogen and oxygen atoms in total. The van der Waals surface area contributed by atoms with Crippen molar-refractivity contribution >= 4 is 39.6 Å². The predicted octanol–water partition coefficient (Wildman–Crippen LogP) is 11.2. The fourth-order valence-electron chi connectivity index (χ4n) is 9.00. The van der Waals surface area contributed by atoms with Crippen molar-refractivity contribution in [2.24, 2.45) is 5.73 Å². The topological polar surface area (TPSA) is 174 Å². The van der Waals surface area contributed by atoms with Crippen molar-refractivity contribution in [2.45, 2.75) is 95.4 Å². The third-order valence-corrected chi connectivity index (χ3v) is 13.2. The van der Waals surface area contributed by atoms with Gasteiger partial charge in [-0.1, -0.05) is 30.3 Å². The van der Waals surface area contributed by atoms with Crippen LogP contribution >= 0.6 is 11.3 Å². The second-order valence-electron chi connectivity index (χ2n) is 18.5. The summed E-state index contributed by atoms with van der Waals surface area (Å²) >= 11 is 1.16. The number of rotatable bonds is 12. The number of thiazole rings is 1. The molecule has 1 saturated heterocycles. The number of nitrogens with one attached hydrogen (secondary N) is 2. The number of nitrogens with zero attached hydrogens (tertiary/aromatic N) is 6. The number of likely N-dealkylation sites (tertiary alicyclic amines) is 1. The van der Waals surface area contributed by atoms with Crippen molar-refractivity contribution in [3.8, 4) is 33.0 Å². The number of hydrogen-bond donors (Lipinski definition) is 3. The van der Waals surface area contributed by atoms with Crippen LogP contribution in [0, 0.1) is 17.5 Å². The average molecular weight is 1020 g/mol. The molecule has 2 atom stereocenters. The molecular weight excluding hydrogens is 982 g/mol. The number of hydrogen-bond acceptors (Lipinski definition) is 9. The molecule has 5 heterocycles. The van der Waals surface area contributed by atoms with E-state index in [2.05, 4.69) is 15.4 Å². The van der Waals surface area contributed by atoms with Crippen LogP contribution in [0.25, 0.3) is 43.3 Å². The largest absolute Gasteiger partial charge is 0.444 e. The van der Waals surface area contributed by atoms with Gasteiger partial charge in [0.05, 0.1) is 39.3 Å². The van der Waals surface area contributed by atoms with Gasteiger partial charge in [-0.15, -0.1) is 11.3 Å². The van der Waals surface area contributed by atoms with E-state index in [4.69, 9.17) is 25.4 Å². The Balaban J connectivity index is 1.09. The van der Waals surface area contributed by atoms with Gasteiger partial charge in [-0.3, -0.25) is 19.2 Å². The molecule has 3 amide bonds. The van der Waals surface area contributed by atoms with E-state index in [0.29, 0.717) is 45.8 Å². The van der Waals surface area contributed by atoms with Gasteiger partial charge in [0.2, 0.25) is 5.91 Å². The Labute approximate surface area is 407 Å². The number of benzene rings is 3. The molecule has 0 unspecified atom stereocenters. The zero-order valence-electron chi connectivity index (χ0n) is 38.3. The Morgan fingerprint density at radius 2 is 1.57 bits per heavy atom. The van der Waals surface area contributed by atoms with Gasteiger partial charge < -0.3 is 20.8 Å². The van der Waals surface area contributed by atoms with Crippen LogP contribution in [0.4, 0.5) is 44.3 Å². The van der Waals surface area contributed by atoms with Gasteiger partial charge in [-0.2, -0.15) is 13.9 Å². The fourth-order valence-corrected chi connectivity index (χ4v) is 9.96. The lowest BCUT2D eigenvalue weighted by atomic mass is 9.89. The first kappa shape index (κ1) is 49.7. The summed E-state index contributed by atoms with van der Waals surface area (Å²) in [7, 11) is 0. The van der Waals surface area contributed by atoms with Gasteiger partial charge >= 0.3 is 6.09 Å². The minimum Gasteiger partial charge on any atom is -0.444 e. The summed E-state index contributed by atoms with van der Waals surface area (Å²) < 4.78 is 139. The number of alkyl halides is 6. The van der Waals surface area contributed by atoms with E-state index in [0.717, 1.165) is 47.6 Å². The number of aromatic nitrogens is 6. The van der Waals surface area contributed by atoms with E-state index in [-0.39, 0.29) is 38.8 Å². The highest BCUT2D eigenvalue weighted by atomic mass is 32.1. The number of nitrogens with two attached hydrogens (primary N) is 1. The minimum absolute atomic E-state index is 0.0624. The van der Waals surface area contributed by atoms with Crippen LogP contribution in [-0.4, -0.2) is 64.7 Å². The molecule has 4 N–H and O–H groups in total. The maximum Gasteiger partial charge on any atom is 0.410 e. The number of carbonyl (C=O) groups is 3. The summed E-state index contributed by atoms with van der Waals surface area (Å²) in [5, 5.41) is 6.32. The number of pyridine rings is 1. The molecule has 3 aromatic carbocycles. The Morgan fingerprint density at radius 3 is 2.25 bits per heavy atom. The molecule has 4 aromatic heterocycles. The maximum atomic E-state index is 15.3. The Hall–Kier alpha value is -7.30. The molecule has 9 rings (SSSR count). The second-order valence-corrected chi connectivity index (χ2v) is 19.5. The number of amides is 3. The highest BCUT2D eigenvalue weighted by Crippen LogP contribution is 2.52. The summed E-state index contributed by atoms with van der Waals surface area (Å²) in [6.07, 6.45) is -4.35. The van der Waals surface area contributed by atoms with E-state index in [9.17, 15) is 36.3 Å². The number of imidazole rings is 1. The molecule has 1 fully saturated rings. The average Bonchev–Trinajstić information content (AvgIpc) is 4.13. The number of fused-ring (bicyclic) bond motifs is 2. The van der Waals surface area contributed by atoms with E-state index >= 15 is 17.6 Å². The molecule has 23 heteroatoms. The van der Waals surface area contributed by atoms with Crippen LogP contribution < -0.4 is 11.1 Å². The van der Waals surface area contributed by atoms with Crippen molar-refractivity contribution in [3.05, 3.63) is 130 Å². The lowest BCUT2D eigenvalue weighted by Crippen LogP contribution is -2.37. The minimum atomic E-state index is -4.13. The van der Waals surface area contributed by atoms with Crippen molar-refractivity contribution < 1.29 is 58.6 Å². The third kappa shape index (κ3) is 9.97. The summed E-state index contributed by atoms with van der Waals surface area (Å²) in [5.41, 5.74) is 1.41. The van der Waals surface area contributed by atoms with Crippen molar-refractivity contribution in [1.29, 1.82) is 0 Å². The Bertz CT molecular complexity index is 3240. The lowest BCUT2D eigenvalue weighted by molar-refractivity contribution is -0.123. The van der Waals surface area contributed by atoms with Gasteiger partial charge in [-0.25, -0.2) is 50.5 Å². The normalized spacial score (nSPS) is 16.8. The SMILES string of the molecule is CC(C)(C)OC(=O)N1CCC[C@H]1c1nc(-c2ccc(-c3nc4nc([C@H](Cc5cc(F)cc(F)c5)NC(=O)Cn5nc(C(F)F)c6c5C(F)(F)CCC6(F)F)c(-c5ccc(F)c(C(N)=O)c5)cc4s3)cc2)c[nH]1. The molecule has 1 aliphatic heterocycles. The third-order valence-electron chi connectivity index (χ3n) is 12.1. The summed E-state index contributed by atoms with van der Waals surface area (Å²) in [6.45, 7) is 4.60. The zero-order chi connectivity index (χ0) is 51.6. The van der Waals surface area contributed by atoms with E-state index in [1.165, 1.54) is 6.07 Å². The van der Waals surface area contributed by atoms with E-state index in [1.54, 1.807) is 62.2 Å². The highest BCUT2D eigenvalue weighted by molar-refractivity contribution is 7.21. The highest BCUT2D eigenvalue weighted by Gasteiger charge is 2.55. The molecular formula is C49H42F9N9O4S. The zero-order valence-corrected chi connectivity index (χ0v) is 39.1. The van der Waals surface area contributed by atoms with Crippen LogP contribution in [0.15, 0.2) is 72.9 Å². The van der Waals surface area contributed by atoms with Crippen LogP contribution in [0.1, 0.15) is 109 Å². The monoisotopic (exact) mass is 1020 g/mol. The van der Waals surface area contributed by atoms with Crippen LogP contribution in [0.3, 0.4) is 0 Å². The molecule has 0 saturated carbocycles. The first-order valence-electron chi connectivity index (χ1n) is 22.4. The Morgan fingerprint density at radius 1 is 0.889 bits per heavy atom. The van der Waals surface area contributed by atoms with Crippen LogP contribution in [-0.2, 0) is 34.3 Å². The first-order chi connectivity index (χ1) is 33.9. The molecule has 72 heavy (non-hydrogen) atoms. The summed E-state index contributed by atoms with van der Waals surface area (Å²) in [5.74, 6) is -13.0. The quantitative estimate of drug-likeness (QED) is 0.101. The molecule has 2 aliphatic rings. The number of aromatic amines is 1. The van der Waals surface area contributed by atoms with Gasteiger partial charge in [0, 0.05) is 48.3 Å². The van der Waals surface area contributed by atoms with Gasteiger partial charge in [0.15, 0.2) is 5.65 Å². The second kappa shape index (κ2) is 18.7. The fraction of sp³-hybridized carbons (Fsp3) is 0.327. The summed E-state index contributed by atoms with van der Waals surface area (Å²) in [6, 6.07) is 12.7. The molecule has 0 radical (unpaired) electrons. The Kier molecular flexibility index (Phi) is 12.9. The van der Waals surface area contributed by atoms with Crippen molar-refractivity contribution in [3.63, 3.8) is 0 Å². The molecule has 1 aliphatic carbocycles. The van der Waals surface area contributed by atoms with Gasteiger partial charge in [0.25, 0.3) is 24.2 Å². The number of carbonyl (C=O) groups excluding carboxylic acids is 3. The molecule has 7 aromatic rings. The van der Waals surface area contributed by atoms with E-state index in [1.807, 2.05) is 0 Å². The lowest BCUT2D eigenvalue weighted by Gasteiger charge is -2.29. The standard InChI is InChI=1S/C49H42F9N9O4S/c1-47(2,3)71-46(70)66-14-4-5-34(66)43-60-21-33(62-43)24-6-8-25(9-7-24)45-64-44-35(72-45)20-29(26-10-11-31(52)30(18-26)42(59)69)38(63-44)32(17-23-15-27(50)19-28(51)16-23)61-36(68)22-67-40-37(39(65-67)41(53)54)48(55,56)12-13-49(40,57)58/h6-11,15-16,18-21,32,34,41H,4-5,12-14,17,22H2,1-3H3,(H2,59,69)(H,60,62)(H,61,68)/t32-,34-/m0/s1. The smallest absolute Gasteiger partial charge is 0.410 e. The predicted molar refractivity (Wildman–Crippen MR) is 244 cm³/mol. The molecule has 0 spiro atoms. The number of primary amides is 1. The molecule has 0 bridgehead atoms. The summed E-state index contributed by atoms with van der Waals surface area (Å²) in [4.78, 5) is 58.5. The van der Waals surface area contributed by atoms with E-state index < -0.39 is 114 Å². The van der Waals surface area contributed by atoms with Crippen molar-refractivity contribution in [2.75, 3.05) is 6.54 Å². The van der Waals surface area contributed by atoms with Crippen LogP contribution in [0.5, 0.6) is 0 Å².